The molecule has 0 aliphatic heterocycles. The molecule has 1 aromatic heterocycles. The van der Waals surface area contributed by atoms with Crippen molar-refractivity contribution < 1.29 is 8.42 Å². The second kappa shape index (κ2) is 4.61. The van der Waals surface area contributed by atoms with E-state index < -0.39 is 9.84 Å². The van der Waals surface area contributed by atoms with E-state index in [4.69, 9.17) is 5.73 Å². The van der Waals surface area contributed by atoms with E-state index in [0.717, 1.165) is 16.6 Å². The van der Waals surface area contributed by atoms with Crippen molar-refractivity contribution in [2.75, 3.05) is 17.7 Å². The lowest BCUT2D eigenvalue weighted by molar-refractivity contribution is 0.594. The van der Waals surface area contributed by atoms with Crippen LogP contribution in [0.3, 0.4) is 0 Å². The lowest BCUT2D eigenvalue weighted by Crippen LogP contribution is -2.09. The number of benzene rings is 1. The van der Waals surface area contributed by atoms with E-state index in [-0.39, 0.29) is 5.75 Å². The average molecular weight is 267 g/mol. The molecule has 0 aliphatic carbocycles. The molecule has 0 amide bonds. The Hall–Kier alpha value is -1.56. The number of aromatic nitrogens is 2. The van der Waals surface area contributed by atoms with E-state index in [1.54, 1.807) is 0 Å². The van der Waals surface area contributed by atoms with E-state index in [9.17, 15) is 8.42 Å². The molecule has 0 radical (unpaired) electrons. The Bertz CT molecular complexity index is 674. The van der Waals surface area contributed by atoms with Crippen molar-refractivity contribution in [3.05, 3.63) is 23.8 Å². The number of rotatable bonds is 4. The van der Waals surface area contributed by atoms with Gasteiger partial charge in [-0.2, -0.15) is 0 Å². The number of imidazole rings is 1. The second-order valence-corrected chi connectivity index (χ2v) is 6.81. The number of nitrogen functional groups attached to an aromatic ring is 1. The molecular formula is C12H17N3O2S. The van der Waals surface area contributed by atoms with Gasteiger partial charge in [0.2, 0.25) is 5.95 Å². The van der Waals surface area contributed by atoms with Crippen molar-refractivity contribution in [3.8, 4) is 0 Å². The largest absolute Gasteiger partial charge is 0.369 e. The molecule has 2 rings (SSSR count). The first-order valence-electron chi connectivity index (χ1n) is 5.77. The zero-order valence-corrected chi connectivity index (χ0v) is 11.4. The Labute approximate surface area is 107 Å². The zero-order valence-electron chi connectivity index (χ0n) is 10.5. The van der Waals surface area contributed by atoms with Crippen molar-refractivity contribution in [3.63, 3.8) is 0 Å². The summed E-state index contributed by atoms with van der Waals surface area (Å²) in [6.45, 7) is 2.57. The number of fused-ring (bicyclic) bond motifs is 1. The highest BCUT2D eigenvalue weighted by atomic mass is 32.2. The fourth-order valence-corrected chi connectivity index (χ4v) is 2.75. The molecule has 2 N–H and O–H groups in total. The van der Waals surface area contributed by atoms with Gasteiger partial charge < -0.3 is 10.3 Å². The Morgan fingerprint density at radius 2 is 2.11 bits per heavy atom. The van der Waals surface area contributed by atoms with Gasteiger partial charge in [-0.05, 0) is 25.0 Å². The monoisotopic (exact) mass is 267 g/mol. The molecule has 0 saturated heterocycles. The molecule has 1 heterocycles. The van der Waals surface area contributed by atoms with Crippen LogP contribution in [0.25, 0.3) is 11.0 Å². The van der Waals surface area contributed by atoms with Crippen LogP contribution in [0.5, 0.6) is 0 Å². The minimum absolute atomic E-state index is 0.165. The van der Waals surface area contributed by atoms with Crippen LogP contribution in [0.1, 0.15) is 12.0 Å². The molecule has 0 unspecified atom stereocenters. The molecule has 5 nitrogen and oxygen atoms in total. The van der Waals surface area contributed by atoms with Gasteiger partial charge >= 0.3 is 0 Å². The van der Waals surface area contributed by atoms with Crippen LogP contribution < -0.4 is 5.73 Å². The molecule has 0 atom stereocenters. The fraction of sp³-hybridized carbons (Fsp3) is 0.417. The molecule has 98 valence electrons. The maximum Gasteiger partial charge on any atom is 0.201 e. The molecule has 1 aromatic carbocycles. The van der Waals surface area contributed by atoms with Crippen LogP contribution >= 0.6 is 0 Å². The van der Waals surface area contributed by atoms with Gasteiger partial charge in [0, 0.05) is 12.8 Å². The summed E-state index contributed by atoms with van der Waals surface area (Å²) in [5.41, 5.74) is 8.81. The van der Waals surface area contributed by atoms with Crippen molar-refractivity contribution in [1.82, 2.24) is 9.55 Å². The first-order valence-corrected chi connectivity index (χ1v) is 7.83. The topological polar surface area (TPSA) is 78.0 Å². The van der Waals surface area contributed by atoms with Crippen molar-refractivity contribution >= 4 is 26.8 Å². The van der Waals surface area contributed by atoms with Gasteiger partial charge in [-0.15, -0.1) is 0 Å². The summed E-state index contributed by atoms with van der Waals surface area (Å²) in [5.74, 6) is 0.602. The molecule has 0 bridgehead atoms. The number of nitrogens with zero attached hydrogens (tertiary/aromatic N) is 2. The van der Waals surface area contributed by atoms with Gasteiger partial charge in [0.1, 0.15) is 9.84 Å². The highest BCUT2D eigenvalue weighted by molar-refractivity contribution is 7.90. The third-order valence-electron chi connectivity index (χ3n) is 2.89. The number of anilines is 1. The number of aryl methyl sites for hydroxylation is 2. The van der Waals surface area contributed by atoms with Crippen molar-refractivity contribution in [2.45, 2.75) is 19.9 Å². The first-order chi connectivity index (χ1) is 8.38. The van der Waals surface area contributed by atoms with E-state index in [1.165, 1.54) is 6.26 Å². The number of para-hydroxylation sites is 1. The van der Waals surface area contributed by atoms with Gasteiger partial charge in [0.15, 0.2) is 0 Å². The summed E-state index contributed by atoms with van der Waals surface area (Å²) in [7, 11) is -2.93. The summed E-state index contributed by atoms with van der Waals surface area (Å²) in [4.78, 5) is 4.28. The lowest BCUT2D eigenvalue weighted by atomic mass is 10.2. The second-order valence-electron chi connectivity index (χ2n) is 4.55. The highest BCUT2D eigenvalue weighted by Crippen LogP contribution is 2.21. The molecule has 0 saturated carbocycles. The fourth-order valence-electron chi connectivity index (χ4n) is 2.09. The summed E-state index contributed by atoms with van der Waals surface area (Å²) in [6, 6.07) is 5.84. The molecule has 2 aromatic rings. The summed E-state index contributed by atoms with van der Waals surface area (Å²) in [5, 5.41) is 0. The van der Waals surface area contributed by atoms with Crippen LogP contribution in [-0.2, 0) is 16.4 Å². The van der Waals surface area contributed by atoms with Gasteiger partial charge in [-0.1, -0.05) is 12.1 Å². The van der Waals surface area contributed by atoms with Gasteiger partial charge in [-0.25, -0.2) is 13.4 Å². The minimum atomic E-state index is -2.93. The van der Waals surface area contributed by atoms with E-state index in [2.05, 4.69) is 4.98 Å². The van der Waals surface area contributed by atoms with Gasteiger partial charge in [-0.3, -0.25) is 0 Å². The summed E-state index contributed by atoms with van der Waals surface area (Å²) >= 11 is 0. The average Bonchev–Trinajstić information content (AvgIpc) is 2.55. The van der Waals surface area contributed by atoms with Gasteiger partial charge in [0.05, 0.1) is 16.8 Å². The number of hydrogen-bond donors (Lipinski definition) is 1. The molecule has 0 fully saturated rings. The molecule has 18 heavy (non-hydrogen) atoms. The van der Waals surface area contributed by atoms with Crippen molar-refractivity contribution in [1.29, 1.82) is 0 Å². The summed E-state index contributed by atoms with van der Waals surface area (Å²) in [6.07, 6.45) is 1.79. The third kappa shape index (κ3) is 2.64. The molecule has 0 spiro atoms. The number of nitrogens with two attached hydrogens (primary N) is 1. The van der Waals surface area contributed by atoms with Crippen molar-refractivity contribution in [2.24, 2.45) is 0 Å². The smallest absolute Gasteiger partial charge is 0.201 e. The predicted molar refractivity (Wildman–Crippen MR) is 73.2 cm³/mol. The minimum Gasteiger partial charge on any atom is -0.369 e. The Balaban J connectivity index is 2.30. The Morgan fingerprint density at radius 3 is 2.78 bits per heavy atom. The van der Waals surface area contributed by atoms with E-state index >= 15 is 0 Å². The normalized spacial score (nSPS) is 12.1. The number of sulfone groups is 1. The summed E-state index contributed by atoms with van der Waals surface area (Å²) < 4.78 is 24.1. The van der Waals surface area contributed by atoms with Crippen LogP contribution in [0.2, 0.25) is 0 Å². The quantitative estimate of drug-likeness (QED) is 0.907. The van der Waals surface area contributed by atoms with Gasteiger partial charge in [0.25, 0.3) is 0 Å². The third-order valence-corrected chi connectivity index (χ3v) is 3.93. The number of hydrogen-bond acceptors (Lipinski definition) is 4. The lowest BCUT2D eigenvalue weighted by Gasteiger charge is -2.07. The van der Waals surface area contributed by atoms with Crippen LogP contribution in [0.4, 0.5) is 5.95 Å². The van der Waals surface area contributed by atoms with Crippen LogP contribution in [-0.4, -0.2) is 30.0 Å². The maximum absolute atomic E-state index is 11.1. The SMILES string of the molecule is Cc1cccc2nc(N)n(CCCS(C)(=O)=O)c12. The van der Waals surface area contributed by atoms with Crippen LogP contribution in [0.15, 0.2) is 18.2 Å². The Morgan fingerprint density at radius 1 is 1.39 bits per heavy atom. The first kappa shape index (κ1) is 12.9. The predicted octanol–water partition coefficient (Wildman–Crippen LogP) is 1.36. The molecule has 6 heteroatoms. The van der Waals surface area contributed by atoms with Crippen LogP contribution in [0, 0.1) is 6.92 Å². The zero-order chi connectivity index (χ0) is 13.3. The van der Waals surface area contributed by atoms with E-state index in [1.807, 2.05) is 29.7 Å². The molecular weight excluding hydrogens is 250 g/mol. The highest BCUT2D eigenvalue weighted by Gasteiger charge is 2.10. The van der Waals surface area contributed by atoms with E-state index in [0.29, 0.717) is 18.9 Å². The Kier molecular flexibility index (Phi) is 3.30. The standard InChI is InChI=1S/C12H17N3O2S/c1-9-5-3-6-10-11(9)15(12(13)14-10)7-4-8-18(2,16)17/h3,5-6H,4,7-8H2,1-2H3,(H2,13,14). The maximum atomic E-state index is 11.1. The molecule has 0 aliphatic rings.